The molecule has 1 N–H and O–H groups in total. The number of ether oxygens (including phenoxy) is 1. The number of aliphatic hydroxyl groups excluding tert-OH is 1. The fraction of sp³-hybridized carbons (Fsp3) is 0.526. The molecular formula is C38H40N4O2. The molecule has 0 amide bonds. The number of hydrogen-bond acceptors (Lipinski definition) is 6. The summed E-state index contributed by atoms with van der Waals surface area (Å²) >= 11 is 0. The SMILES string of the molecule is OC/C=C1/CN2CC[C@]34c5ccccc5N5[C@H]6OCC=C7CN8CC[C@]9%10c%11ccccc%11N(/C=C(/[C@@H]1C[C@@H]23)[C@@H]54)[C@@H]9[C@@H]6[C@@H]7C[C@@H]8%10. The molecule has 0 radical (unpaired) electrons. The zero-order chi connectivity index (χ0) is 28.5. The first kappa shape index (κ1) is 24.3. The lowest BCUT2D eigenvalue weighted by Gasteiger charge is -2.61. The Morgan fingerprint density at radius 3 is 2.50 bits per heavy atom. The van der Waals surface area contributed by atoms with Gasteiger partial charge < -0.3 is 19.6 Å². The fourth-order valence-electron chi connectivity index (χ4n) is 13.5. The van der Waals surface area contributed by atoms with Crippen LogP contribution in [0.3, 0.4) is 0 Å². The van der Waals surface area contributed by atoms with Crippen molar-refractivity contribution in [2.45, 2.75) is 66.9 Å². The van der Waals surface area contributed by atoms with Gasteiger partial charge in [0.05, 0.1) is 25.3 Å². The highest BCUT2D eigenvalue weighted by Crippen LogP contribution is 2.69. The maximum Gasteiger partial charge on any atom is 0.136 e. The second-order valence-electron chi connectivity index (χ2n) is 15.6. The molecule has 2 spiro atoms. The van der Waals surface area contributed by atoms with Crippen LogP contribution in [0.25, 0.3) is 0 Å². The van der Waals surface area contributed by atoms with Gasteiger partial charge in [0.2, 0.25) is 0 Å². The van der Waals surface area contributed by atoms with Gasteiger partial charge in [0, 0.05) is 65.4 Å². The molecular weight excluding hydrogens is 544 g/mol. The summed E-state index contributed by atoms with van der Waals surface area (Å²) in [6, 6.07) is 20.8. The van der Waals surface area contributed by atoms with Gasteiger partial charge in [-0.1, -0.05) is 59.7 Å². The number of piperidine rings is 2. The minimum atomic E-state index is 0.0351. The van der Waals surface area contributed by atoms with Crippen LogP contribution in [0.5, 0.6) is 0 Å². The van der Waals surface area contributed by atoms with Crippen LogP contribution >= 0.6 is 0 Å². The first-order valence-corrected chi connectivity index (χ1v) is 17.3. The van der Waals surface area contributed by atoms with Crippen molar-refractivity contribution < 1.29 is 9.84 Å². The van der Waals surface area contributed by atoms with Crippen LogP contribution in [0, 0.1) is 17.8 Å². The van der Waals surface area contributed by atoms with Crippen LogP contribution < -0.4 is 9.80 Å². The molecule has 10 atom stereocenters. The molecule has 2 aromatic rings. The highest BCUT2D eigenvalue weighted by atomic mass is 16.5. The maximum atomic E-state index is 10.2. The average Bonchev–Trinajstić information content (AvgIpc) is 3.74. The minimum Gasteiger partial charge on any atom is -0.392 e. The molecule has 224 valence electrons. The summed E-state index contributed by atoms with van der Waals surface area (Å²) in [6.45, 7) is 5.28. The third-order valence-corrected chi connectivity index (χ3v) is 14.7. The predicted molar refractivity (Wildman–Crippen MR) is 170 cm³/mol. The molecule has 6 heteroatoms. The van der Waals surface area contributed by atoms with E-state index in [1.165, 1.54) is 42.8 Å². The highest BCUT2D eigenvalue weighted by molar-refractivity contribution is 5.75. The number of rotatable bonds is 1. The number of fused-ring (bicyclic) bond motifs is 7. The third-order valence-electron chi connectivity index (χ3n) is 14.7. The van der Waals surface area contributed by atoms with Crippen molar-refractivity contribution in [3.05, 3.63) is 94.7 Å². The monoisotopic (exact) mass is 584 g/mol. The third kappa shape index (κ3) is 2.45. The molecule has 2 aliphatic carbocycles. The number of hydrogen-bond donors (Lipinski definition) is 1. The van der Waals surface area contributed by atoms with Gasteiger partial charge in [-0.3, -0.25) is 9.80 Å². The predicted octanol–water partition coefficient (Wildman–Crippen LogP) is 4.17. The van der Waals surface area contributed by atoms with E-state index in [9.17, 15) is 5.11 Å². The number of aliphatic hydroxyl groups is 1. The molecule has 0 unspecified atom stereocenters. The molecule has 12 rings (SSSR count). The Kier molecular flexibility index (Phi) is 4.37. The van der Waals surface area contributed by atoms with Gasteiger partial charge in [-0.2, -0.15) is 0 Å². The Morgan fingerprint density at radius 2 is 1.64 bits per heavy atom. The molecule has 8 aliphatic heterocycles. The van der Waals surface area contributed by atoms with E-state index in [0.29, 0.717) is 42.5 Å². The van der Waals surface area contributed by atoms with Crippen LogP contribution in [0.15, 0.2) is 83.6 Å². The highest BCUT2D eigenvalue weighted by Gasteiger charge is 2.73. The van der Waals surface area contributed by atoms with Crippen molar-refractivity contribution in [1.29, 1.82) is 0 Å². The minimum absolute atomic E-state index is 0.0351. The van der Waals surface area contributed by atoms with Crippen molar-refractivity contribution in [1.82, 2.24) is 9.80 Å². The normalized spacial score (nSPS) is 46.9. The van der Waals surface area contributed by atoms with Gasteiger partial charge in [-0.15, -0.1) is 0 Å². The summed E-state index contributed by atoms with van der Waals surface area (Å²) in [6.07, 6.45) is 12.2. The maximum absolute atomic E-state index is 10.2. The summed E-state index contributed by atoms with van der Waals surface area (Å²) in [5.41, 5.74) is 10.9. The quantitative estimate of drug-likeness (QED) is 0.508. The molecule has 10 aliphatic rings. The van der Waals surface area contributed by atoms with Crippen LogP contribution in [0.1, 0.15) is 36.8 Å². The molecule has 4 bridgehead atoms. The summed E-state index contributed by atoms with van der Waals surface area (Å²) < 4.78 is 7.30. The van der Waals surface area contributed by atoms with Gasteiger partial charge in [0.25, 0.3) is 0 Å². The topological polar surface area (TPSA) is 42.4 Å². The van der Waals surface area contributed by atoms with Crippen LogP contribution in [0.4, 0.5) is 11.4 Å². The fourth-order valence-corrected chi connectivity index (χ4v) is 13.5. The zero-order valence-corrected chi connectivity index (χ0v) is 25.2. The van der Waals surface area contributed by atoms with Crippen LogP contribution in [0.2, 0.25) is 0 Å². The first-order chi connectivity index (χ1) is 21.7. The lowest BCUT2D eigenvalue weighted by molar-refractivity contribution is -0.0474. The van der Waals surface area contributed by atoms with Crippen LogP contribution in [-0.2, 0) is 15.6 Å². The van der Waals surface area contributed by atoms with E-state index in [2.05, 4.69) is 86.5 Å². The Hall–Kier alpha value is -2.90. The van der Waals surface area contributed by atoms with Crippen molar-refractivity contribution >= 4 is 11.4 Å². The zero-order valence-electron chi connectivity index (χ0n) is 25.2. The van der Waals surface area contributed by atoms with E-state index in [0.717, 1.165) is 26.1 Å². The standard InChI is InChI=1S/C38H40N4O2/c43-15-9-22-19-39-13-11-37-28-6-2-4-8-30(28)42-34(37)26(24(22)17-31(37)39)21-41-29-7-3-1-5-27(29)38-12-14-40-20-23-10-16-44-36(42)33(35(38)41)25(23)18-32(38)40/h1-10,21,24-25,31-36,43H,11-20H2/b22-9-,26-21-/t24-,25-,31-,32-,33+,34-,35-,36+,37+,38-/m1/s1. The van der Waals surface area contributed by atoms with E-state index in [1.807, 2.05) is 0 Å². The summed E-state index contributed by atoms with van der Waals surface area (Å²) in [5.74, 6) is 1.32. The van der Waals surface area contributed by atoms with E-state index in [1.54, 1.807) is 22.3 Å². The van der Waals surface area contributed by atoms with Gasteiger partial charge in [-0.25, -0.2) is 0 Å². The van der Waals surface area contributed by atoms with Crippen LogP contribution in [-0.4, -0.2) is 84.7 Å². The Balaban J connectivity index is 1.19. The number of para-hydroxylation sites is 2. The second-order valence-corrected chi connectivity index (χ2v) is 15.6. The van der Waals surface area contributed by atoms with Gasteiger partial charge in [-0.05, 0) is 73.5 Å². The number of anilines is 2. The molecule has 44 heavy (non-hydrogen) atoms. The number of nitrogens with zero attached hydrogens (tertiary/aromatic N) is 4. The van der Waals surface area contributed by atoms with Crippen molar-refractivity contribution in [3.8, 4) is 0 Å². The second kappa shape index (κ2) is 7.90. The summed E-state index contributed by atoms with van der Waals surface area (Å²) in [5, 5.41) is 10.2. The van der Waals surface area contributed by atoms with E-state index in [-0.39, 0.29) is 29.7 Å². The molecule has 0 aromatic heterocycles. The van der Waals surface area contributed by atoms with Crippen molar-refractivity contribution in [3.63, 3.8) is 0 Å². The lowest BCUT2D eigenvalue weighted by Crippen LogP contribution is -2.70. The van der Waals surface area contributed by atoms with Gasteiger partial charge >= 0.3 is 0 Å². The Bertz CT molecular complexity index is 1750. The largest absolute Gasteiger partial charge is 0.392 e. The Labute approximate surface area is 259 Å². The first-order valence-electron chi connectivity index (χ1n) is 17.3. The van der Waals surface area contributed by atoms with Crippen molar-refractivity contribution in [2.24, 2.45) is 17.8 Å². The molecule has 6 nitrogen and oxygen atoms in total. The Morgan fingerprint density at radius 1 is 0.886 bits per heavy atom. The van der Waals surface area contributed by atoms with Gasteiger partial charge in [0.1, 0.15) is 6.23 Å². The molecule has 6 fully saturated rings. The van der Waals surface area contributed by atoms with Crippen molar-refractivity contribution in [2.75, 3.05) is 49.2 Å². The smallest absolute Gasteiger partial charge is 0.136 e. The summed E-state index contributed by atoms with van der Waals surface area (Å²) in [4.78, 5) is 11.3. The lowest BCUT2D eigenvalue weighted by atomic mass is 9.54. The summed E-state index contributed by atoms with van der Waals surface area (Å²) in [7, 11) is 0. The van der Waals surface area contributed by atoms with E-state index in [4.69, 9.17) is 4.74 Å². The molecule has 2 aromatic carbocycles. The van der Waals surface area contributed by atoms with Gasteiger partial charge in [0.15, 0.2) is 0 Å². The molecule has 8 heterocycles. The molecule has 4 saturated heterocycles. The number of benzene rings is 2. The van der Waals surface area contributed by atoms with E-state index < -0.39 is 0 Å². The van der Waals surface area contributed by atoms with E-state index >= 15 is 0 Å². The molecule has 2 saturated carbocycles. The average molecular weight is 585 g/mol.